The first-order valence-electron chi connectivity index (χ1n) is 23.2. The summed E-state index contributed by atoms with van der Waals surface area (Å²) in [5, 5.41) is 0. The van der Waals surface area contributed by atoms with Crippen LogP contribution in [0.2, 0.25) is 8.87 Å². The van der Waals surface area contributed by atoms with Crippen molar-refractivity contribution in [1.82, 2.24) is 0 Å². The molecule has 0 bridgehead atoms. The van der Waals surface area contributed by atoms with Crippen LogP contribution in [0.1, 0.15) is 207 Å². The first-order chi connectivity index (χ1) is 27.0. The molecule has 0 heterocycles. The van der Waals surface area contributed by atoms with Crippen molar-refractivity contribution in [3.05, 3.63) is 48.6 Å². The fourth-order valence-corrected chi connectivity index (χ4v) is 36.3. The molecule has 0 N–H and O–H groups in total. The second-order valence-electron chi connectivity index (χ2n) is 15.2. The SMILES string of the molecule is CCCCCC=CCC=CCCCCCCCC(=O)OCC[S][Sn]([CH2]CCC)([CH2]CCC)[S]CCOC(=O)CCCCCCCC=CCC=CCCCCC. The summed E-state index contributed by atoms with van der Waals surface area (Å²) in [6.07, 6.45) is 50.7. The number of rotatable bonds is 42. The van der Waals surface area contributed by atoms with Gasteiger partial charge in [0.1, 0.15) is 0 Å². The van der Waals surface area contributed by atoms with E-state index in [4.69, 9.17) is 9.47 Å². The zero-order valence-electron chi connectivity index (χ0n) is 36.6. The van der Waals surface area contributed by atoms with E-state index in [0.29, 0.717) is 26.1 Å². The van der Waals surface area contributed by atoms with Gasteiger partial charge >= 0.3 is 228 Å². The van der Waals surface area contributed by atoms with Crippen LogP contribution in [-0.4, -0.2) is 52.3 Å². The van der Waals surface area contributed by atoms with Gasteiger partial charge in [-0.15, -0.1) is 0 Å². The fraction of sp³-hybridized carbons (Fsp3) is 0.792. The topological polar surface area (TPSA) is 52.6 Å². The molecule has 4 nitrogen and oxygen atoms in total. The molecule has 0 radical (unpaired) electrons. The van der Waals surface area contributed by atoms with Crippen molar-refractivity contribution in [2.75, 3.05) is 24.7 Å². The predicted molar refractivity (Wildman–Crippen MR) is 251 cm³/mol. The smallest absolute Gasteiger partial charge is 0.0882 e. The van der Waals surface area contributed by atoms with E-state index in [2.05, 4.69) is 94.2 Å². The minimum Gasteiger partial charge on any atom is -0.0882 e. The van der Waals surface area contributed by atoms with Gasteiger partial charge in [-0.2, -0.15) is 0 Å². The van der Waals surface area contributed by atoms with Crippen LogP contribution in [0.5, 0.6) is 0 Å². The molecule has 55 heavy (non-hydrogen) atoms. The summed E-state index contributed by atoms with van der Waals surface area (Å²) in [7, 11) is 4.34. The summed E-state index contributed by atoms with van der Waals surface area (Å²) in [5.74, 6) is 1.77. The Bertz CT molecular complexity index is 888. The van der Waals surface area contributed by atoms with E-state index >= 15 is 0 Å². The summed E-state index contributed by atoms with van der Waals surface area (Å²) in [6, 6.07) is 0. The maximum atomic E-state index is 12.5. The Kier molecular flexibility index (Phi) is 44.0. The van der Waals surface area contributed by atoms with E-state index in [1.54, 1.807) is 0 Å². The van der Waals surface area contributed by atoms with Crippen LogP contribution in [-0.2, 0) is 19.1 Å². The van der Waals surface area contributed by atoms with Crippen molar-refractivity contribution < 1.29 is 19.1 Å². The molecule has 0 aliphatic carbocycles. The van der Waals surface area contributed by atoms with Crippen molar-refractivity contribution in [2.45, 2.75) is 216 Å². The second-order valence-corrected chi connectivity index (χ2v) is 41.8. The molecule has 0 amide bonds. The fourth-order valence-electron chi connectivity index (χ4n) is 6.42. The van der Waals surface area contributed by atoms with Gasteiger partial charge in [-0.25, -0.2) is 0 Å². The second kappa shape index (κ2) is 44.5. The maximum absolute atomic E-state index is 12.5. The van der Waals surface area contributed by atoms with E-state index in [1.807, 2.05) is 0 Å². The average molecular weight is 912 g/mol. The molecule has 0 saturated carbocycles. The van der Waals surface area contributed by atoms with Gasteiger partial charge in [-0.1, -0.05) is 88.1 Å². The van der Waals surface area contributed by atoms with Gasteiger partial charge in [0.25, 0.3) is 0 Å². The Balaban J connectivity index is 4.15. The Hall–Kier alpha value is -0.601. The third kappa shape index (κ3) is 40.0. The van der Waals surface area contributed by atoms with Crippen LogP contribution in [0.4, 0.5) is 0 Å². The standard InChI is InChI=1S/2C20H36O2S.2C4H9.Sn/c2*1-2-3-4-5-6-7-8-9-10-11-12-13-14-15-16-17-20(21)22-18-19-23;2*1-3-4-2;/h2*6-7,9-10,23H,2-5,8,11-19H2,1H3;2*1,3-4H2,2H3;/q;;;;+2/p-2. The first-order valence-corrected chi connectivity index (χ1v) is 36.2. The van der Waals surface area contributed by atoms with Crippen LogP contribution in [0, 0.1) is 0 Å². The summed E-state index contributed by atoms with van der Waals surface area (Å²) >= 11 is -2.58. The van der Waals surface area contributed by atoms with Crippen molar-refractivity contribution >= 4 is 45.4 Å². The van der Waals surface area contributed by atoms with Gasteiger partial charge in [0, 0.05) is 0 Å². The molecule has 0 rings (SSSR count). The van der Waals surface area contributed by atoms with Gasteiger partial charge in [-0.05, 0) is 38.5 Å². The number of carbonyl (C=O) groups excluding carboxylic acids is 2. The average Bonchev–Trinajstić information content (AvgIpc) is 3.19. The minimum atomic E-state index is -2.58. The molecule has 0 aromatic rings. The number of ether oxygens (including phenoxy) is 2. The molecule has 0 saturated heterocycles. The Morgan fingerprint density at radius 3 is 1.11 bits per heavy atom. The summed E-state index contributed by atoms with van der Waals surface area (Å²) < 4.78 is 14.1. The van der Waals surface area contributed by atoms with E-state index in [-0.39, 0.29) is 11.9 Å². The molecule has 0 aliphatic rings. The first kappa shape index (κ1) is 54.4. The van der Waals surface area contributed by atoms with Gasteiger partial charge in [0.2, 0.25) is 0 Å². The van der Waals surface area contributed by atoms with Crippen LogP contribution < -0.4 is 0 Å². The number of hydrogen-bond donors (Lipinski definition) is 0. The molecule has 0 spiro atoms. The van der Waals surface area contributed by atoms with E-state index in [1.165, 1.54) is 124 Å². The summed E-state index contributed by atoms with van der Waals surface area (Å²) in [5.41, 5.74) is 0. The molecule has 0 aliphatic heterocycles. The third-order valence-corrected chi connectivity index (χ3v) is 40.8. The predicted octanol–water partition coefficient (Wildman–Crippen LogP) is 16.2. The number of allylic oxidation sites excluding steroid dienone is 8. The zero-order valence-corrected chi connectivity index (χ0v) is 41.1. The summed E-state index contributed by atoms with van der Waals surface area (Å²) in [6.45, 7) is 10.1. The normalized spacial score (nSPS) is 12.3. The van der Waals surface area contributed by atoms with Crippen molar-refractivity contribution in [3.8, 4) is 0 Å². The van der Waals surface area contributed by atoms with E-state index in [9.17, 15) is 9.59 Å². The quantitative estimate of drug-likeness (QED) is 0.0263. The number of carbonyl (C=O) groups is 2. The Morgan fingerprint density at radius 1 is 0.418 bits per heavy atom. The van der Waals surface area contributed by atoms with Crippen molar-refractivity contribution in [3.63, 3.8) is 0 Å². The molecular formula is C48H88O4S2Sn. The monoisotopic (exact) mass is 913 g/mol. The van der Waals surface area contributed by atoms with Crippen LogP contribution in [0.3, 0.4) is 0 Å². The van der Waals surface area contributed by atoms with Gasteiger partial charge in [-0.3, -0.25) is 0 Å². The van der Waals surface area contributed by atoms with Crippen LogP contribution >= 0.6 is 17.9 Å². The van der Waals surface area contributed by atoms with Gasteiger partial charge in [0.15, 0.2) is 0 Å². The summed E-state index contributed by atoms with van der Waals surface area (Å²) in [4.78, 5) is 24.9. The number of unbranched alkanes of at least 4 members (excludes halogenated alkanes) is 18. The Labute approximate surface area is 351 Å². The molecule has 7 heteroatoms. The molecule has 0 aromatic carbocycles. The molecule has 0 atom stereocenters. The number of hydrogen-bond acceptors (Lipinski definition) is 6. The third-order valence-electron chi connectivity index (χ3n) is 9.91. The number of esters is 2. The van der Waals surface area contributed by atoms with Gasteiger partial charge in [0.05, 0.1) is 0 Å². The van der Waals surface area contributed by atoms with E-state index < -0.39 is 15.6 Å². The molecule has 0 unspecified atom stereocenters. The zero-order chi connectivity index (χ0) is 40.2. The molecule has 0 fully saturated rings. The van der Waals surface area contributed by atoms with Crippen LogP contribution in [0.25, 0.3) is 0 Å². The molecule has 320 valence electrons. The molecule has 0 aromatic heterocycles. The van der Waals surface area contributed by atoms with Crippen molar-refractivity contribution in [2.24, 2.45) is 0 Å². The minimum absolute atomic E-state index is 0.0298. The van der Waals surface area contributed by atoms with Gasteiger partial charge < -0.3 is 0 Å². The van der Waals surface area contributed by atoms with E-state index in [0.717, 1.165) is 62.9 Å². The molecular weight excluding hydrogens is 823 g/mol. The van der Waals surface area contributed by atoms with Crippen LogP contribution in [0.15, 0.2) is 48.6 Å². The Morgan fingerprint density at radius 2 is 0.745 bits per heavy atom. The van der Waals surface area contributed by atoms with Crippen molar-refractivity contribution in [1.29, 1.82) is 0 Å².